The Kier molecular flexibility index (Phi) is 4.57. The van der Waals surface area contributed by atoms with Gasteiger partial charge in [-0.1, -0.05) is 44.5 Å². The third kappa shape index (κ3) is 3.22. The Morgan fingerprint density at radius 1 is 1.00 bits per heavy atom. The van der Waals surface area contributed by atoms with Gasteiger partial charge in [-0.15, -0.1) is 0 Å². The molecular formula is C18H26N4. The van der Waals surface area contributed by atoms with Crippen LogP contribution in [0.25, 0.3) is 11.4 Å². The lowest BCUT2D eigenvalue weighted by Crippen LogP contribution is -2.32. The molecule has 1 aliphatic rings. The minimum absolute atomic E-state index is 0.375. The number of nitrogens with one attached hydrogen (secondary N) is 1. The summed E-state index contributed by atoms with van der Waals surface area (Å²) in [5, 5.41) is 7.35. The van der Waals surface area contributed by atoms with Crippen molar-refractivity contribution >= 4 is 0 Å². The van der Waals surface area contributed by atoms with E-state index in [9.17, 15) is 0 Å². The van der Waals surface area contributed by atoms with E-state index in [4.69, 9.17) is 0 Å². The Labute approximate surface area is 133 Å². The first-order valence-corrected chi connectivity index (χ1v) is 8.42. The Bertz CT molecular complexity index is 594. The molecule has 1 aromatic carbocycles. The average Bonchev–Trinajstić information content (AvgIpc) is 3.05. The lowest BCUT2D eigenvalue weighted by Gasteiger charge is -2.32. The molecule has 0 saturated carbocycles. The van der Waals surface area contributed by atoms with Crippen molar-refractivity contribution in [2.75, 3.05) is 13.1 Å². The van der Waals surface area contributed by atoms with Crippen LogP contribution in [-0.2, 0) is 0 Å². The molecule has 1 fully saturated rings. The van der Waals surface area contributed by atoms with Gasteiger partial charge in [0, 0.05) is 17.5 Å². The van der Waals surface area contributed by atoms with Gasteiger partial charge in [0.1, 0.15) is 5.82 Å². The van der Waals surface area contributed by atoms with Crippen LogP contribution in [0.4, 0.5) is 0 Å². The van der Waals surface area contributed by atoms with Crippen LogP contribution in [0.15, 0.2) is 24.3 Å². The van der Waals surface area contributed by atoms with E-state index in [0.717, 1.165) is 17.2 Å². The minimum Gasteiger partial charge on any atom is -0.297 e. The third-order valence-electron chi connectivity index (χ3n) is 4.64. The molecule has 3 rings (SSSR count). The summed E-state index contributed by atoms with van der Waals surface area (Å²) in [7, 11) is 0. The van der Waals surface area contributed by atoms with E-state index in [0.29, 0.717) is 12.0 Å². The van der Waals surface area contributed by atoms with Gasteiger partial charge in [-0.25, -0.2) is 4.98 Å². The molecule has 1 atom stereocenters. The second kappa shape index (κ2) is 6.61. The van der Waals surface area contributed by atoms with E-state index in [1.54, 1.807) is 0 Å². The number of benzene rings is 1. The lowest BCUT2D eigenvalue weighted by molar-refractivity contribution is 0.175. The lowest BCUT2D eigenvalue weighted by atomic mass is 10.0. The third-order valence-corrected chi connectivity index (χ3v) is 4.64. The van der Waals surface area contributed by atoms with Crippen molar-refractivity contribution in [3.8, 4) is 11.4 Å². The number of nitrogens with zero attached hydrogens (tertiary/aromatic N) is 3. The van der Waals surface area contributed by atoms with E-state index in [2.05, 4.69) is 65.1 Å². The summed E-state index contributed by atoms with van der Waals surface area (Å²) in [4.78, 5) is 7.15. The van der Waals surface area contributed by atoms with Crippen LogP contribution >= 0.6 is 0 Å². The van der Waals surface area contributed by atoms with Crippen LogP contribution < -0.4 is 0 Å². The molecule has 22 heavy (non-hydrogen) atoms. The van der Waals surface area contributed by atoms with Crippen molar-refractivity contribution in [3.05, 3.63) is 35.7 Å². The summed E-state index contributed by atoms with van der Waals surface area (Å²) in [5.41, 5.74) is 2.46. The van der Waals surface area contributed by atoms with Crippen LogP contribution in [0, 0.1) is 0 Å². The largest absolute Gasteiger partial charge is 0.297 e. The number of piperidine rings is 1. The molecule has 1 saturated heterocycles. The van der Waals surface area contributed by atoms with E-state index in [1.165, 1.54) is 37.9 Å². The number of H-pyrrole nitrogens is 1. The van der Waals surface area contributed by atoms with E-state index < -0.39 is 0 Å². The number of aromatic amines is 1. The van der Waals surface area contributed by atoms with Gasteiger partial charge < -0.3 is 0 Å². The molecular weight excluding hydrogens is 272 g/mol. The van der Waals surface area contributed by atoms with Crippen molar-refractivity contribution in [2.24, 2.45) is 0 Å². The molecule has 2 heterocycles. The summed E-state index contributed by atoms with van der Waals surface area (Å²) in [6.07, 6.45) is 4.04. The highest BCUT2D eigenvalue weighted by Gasteiger charge is 2.18. The Balaban J connectivity index is 1.74. The topological polar surface area (TPSA) is 44.8 Å². The van der Waals surface area contributed by atoms with Gasteiger partial charge in [-0.3, -0.25) is 10.00 Å². The first-order valence-electron chi connectivity index (χ1n) is 8.42. The fourth-order valence-electron chi connectivity index (χ4n) is 3.09. The molecule has 2 aromatic rings. The highest BCUT2D eigenvalue weighted by molar-refractivity contribution is 5.55. The van der Waals surface area contributed by atoms with Crippen LogP contribution in [-0.4, -0.2) is 33.2 Å². The predicted molar refractivity (Wildman–Crippen MR) is 89.7 cm³/mol. The van der Waals surface area contributed by atoms with Crippen molar-refractivity contribution in [2.45, 2.75) is 52.0 Å². The van der Waals surface area contributed by atoms with Crippen molar-refractivity contribution in [3.63, 3.8) is 0 Å². The number of hydrogen-bond acceptors (Lipinski definition) is 3. The van der Waals surface area contributed by atoms with Gasteiger partial charge in [0.15, 0.2) is 5.82 Å². The molecule has 4 nitrogen and oxygen atoms in total. The van der Waals surface area contributed by atoms with E-state index in [-0.39, 0.29) is 0 Å². The Morgan fingerprint density at radius 2 is 1.68 bits per heavy atom. The zero-order valence-electron chi connectivity index (χ0n) is 13.8. The van der Waals surface area contributed by atoms with E-state index >= 15 is 0 Å². The number of likely N-dealkylation sites (tertiary alicyclic amines) is 1. The monoisotopic (exact) mass is 298 g/mol. The molecule has 0 aliphatic carbocycles. The molecule has 0 radical (unpaired) electrons. The maximum Gasteiger partial charge on any atom is 0.181 e. The highest BCUT2D eigenvalue weighted by Crippen LogP contribution is 2.26. The number of hydrogen-bond donors (Lipinski definition) is 1. The zero-order valence-corrected chi connectivity index (χ0v) is 13.8. The maximum atomic E-state index is 4.57. The second-order valence-electron chi connectivity index (χ2n) is 6.59. The smallest absolute Gasteiger partial charge is 0.181 e. The fourth-order valence-corrected chi connectivity index (χ4v) is 3.09. The Morgan fingerprint density at radius 3 is 2.27 bits per heavy atom. The normalized spacial score (nSPS) is 17.8. The van der Waals surface area contributed by atoms with Crippen LogP contribution in [0.2, 0.25) is 0 Å². The first-order chi connectivity index (χ1) is 10.6. The quantitative estimate of drug-likeness (QED) is 0.922. The van der Waals surface area contributed by atoms with Crippen LogP contribution in [0.3, 0.4) is 0 Å². The molecule has 1 N–H and O–H groups in total. The van der Waals surface area contributed by atoms with Crippen molar-refractivity contribution in [1.82, 2.24) is 20.1 Å². The highest BCUT2D eigenvalue weighted by atomic mass is 15.2. The molecule has 4 heteroatoms. The van der Waals surface area contributed by atoms with Crippen LogP contribution in [0.5, 0.6) is 0 Å². The van der Waals surface area contributed by atoms with Gasteiger partial charge in [-0.2, -0.15) is 5.10 Å². The molecule has 1 aliphatic heterocycles. The van der Waals surface area contributed by atoms with Crippen LogP contribution in [0.1, 0.15) is 63.4 Å². The maximum absolute atomic E-state index is 4.57. The van der Waals surface area contributed by atoms with Gasteiger partial charge in [0.05, 0.1) is 0 Å². The second-order valence-corrected chi connectivity index (χ2v) is 6.59. The van der Waals surface area contributed by atoms with Crippen molar-refractivity contribution in [1.29, 1.82) is 0 Å². The van der Waals surface area contributed by atoms with Gasteiger partial charge in [-0.05, 0) is 38.4 Å². The SMILES string of the molecule is CC(C)c1nc(-c2ccc([C@H](C)N3CCCCC3)cc2)n[nH]1. The fraction of sp³-hybridized carbons (Fsp3) is 0.556. The molecule has 0 unspecified atom stereocenters. The minimum atomic E-state index is 0.375. The van der Waals surface area contributed by atoms with Gasteiger partial charge in [0.25, 0.3) is 0 Å². The van der Waals surface area contributed by atoms with Gasteiger partial charge in [0.2, 0.25) is 0 Å². The molecule has 0 amide bonds. The predicted octanol–water partition coefficient (Wildman–Crippen LogP) is 4.14. The molecule has 1 aromatic heterocycles. The van der Waals surface area contributed by atoms with Crippen molar-refractivity contribution < 1.29 is 0 Å². The summed E-state index contributed by atoms with van der Waals surface area (Å²) in [6, 6.07) is 9.22. The summed E-state index contributed by atoms with van der Waals surface area (Å²) < 4.78 is 0. The molecule has 0 spiro atoms. The standard InChI is InChI=1S/C18H26N4/c1-13(2)17-19-18(21-20-17)16-9-7-15(8-10-16)14(3)22-11-5-4-6-12-22/h7-10,13-14H,4-6,11-12H2,1-3H3,(H,19,20,21)/t14-/m0/s1. The average molecular weight is 298 g/mol. The Hall–Kier alpha value is -1.68. The summed E-state index contributed by atoms with van der Waals surface area (Å²) in [5.74, 6) is 2.11. The zero-order chi connectivity index (χ0) is 15.5. The first kappa shape index (κ1) is 15.2. The number of aromatic nitrogens is 3. The summed E-state index contributed by atoms with van der Waals surface area (Å²) in [6.45, 7) is 8.99. The number of rotatable bonds is 4. The molecule has 118 valence electrons. The molecule has 0 bridgehead atoms. The summed E-state index contributed by atoms with van der Waals surface area (Å²) >= 11 is 0. The van der Waals surface area contributed by atoms with E-state index in [1.807, 2.05) is 0 Å². The van der Waals surface area contributed by atoms with Gasteiger partial charge >= 0.3 is 0 Å².